The molecule has 0 amide bonds. The quantitative estimate of drug-likeness (QED) is 0.186. The summed E-state index contributed by atoms with van der Waals surface area (Å²) in [6, 6.07) is 44.2. The zero-order chi connectivity index (χ0) is 33.5. The van der Waals surface area contributed by atoms with Crippen molar-refractivity contribution in [2.75, 3.05) is 0 Å². The van der Waals surface area contributed by atoms with Crippen LogP contribution in [0.25, 0.3) is 87.6 Å². The molecule has 7 heteroatoms. The van der Waals surface area contributed by atoms with E-state index in [1.807, 2.05) is 30.5 Å². The maximum absolute atomic E-state index is 6.68. The van der Waals surface area contributed by atoms with Crippen LogP contribution in [-0.2, 0) is 6.42 Å². The second-order valence-corrected chi connectivity index (χ2v) is 14.1. The molecule has 0 bridgehead atoms. The number of para-hydroxylation sites is 1. The second-order valence-electron chi connectivity index (χ2n) is 13.0. The number of aromatic nitrogens is 5. The molecule has 1 unspecified atom stereocenters. The van der Waals surface area contributed by atoms with Crippen LogP contribution in [0, 0.1) is 0 Å². The van der Waals surface area contributed by atoms with Crippen LogP contribution in [0.3, 0.4) is 0 Å². The molecular formula is C44H27N5OS. The van der Waals surface area contributed by atoms with Gasteiger partial charge in [0.2, 0.25) is 0 Å². The molecule has 51 heavy (non-hydrogen) atoms. The Bertz CT molecular complexity index is 2970. The molecule has 0 N–H and O–H groups in total. The molecule has 5 heterocycles. The molecule has 1 atom stereocenters. The smallest absolute Gasteiger partial charge is 0.164 e. The summed E-state index contributed by atoms with van der Waals surface area (Å²) in [7, 11) is 0. The lowest BCUT2D eigenvalue weighted by atomic mass is 9.93. The minimum Gasteiger partial charge on any atom is -0.460 e. The van der Waals surface area contributed by atoms with Gasteiger partial charge in [-0.15, -0.1) is 11.3 Å². The van der Waals surface area contributed by atoms with Crippen LogP contribution in [0.4, 0.5) is 0 Å². The summed E-state index contributed by atoms with van der Waals surface area (Å²) in [4.78, 5) is 20.2. The Labute approximate surface area is 296 Å². The second kappa shape index (κ2) is 11.0. The fourth-order valence-corrected chi connectivity index (χ4v) is 8.83. The van der Waals surface area contributed by atoms with Crippen molar-refractivity contribution < 1.29 is 4.42 Å². The Morgan fingerprint density at radius 3 is 2.41 bits per heavy atom. The minimum absolute atomic E-state index is 0.0818. The third kappa shape index (κ3) is 4.41. The van der Waals surface area contributed by atoms with E-state index in [1.54, 1.807) is 11.3 Å². The number of thiophene rings is 1. The first-order chi connectivity index (χ1) is 25.3. The summed E-state index contributed by atoms with van der Waals surface area (Å²) >= 11 is 1.80. The van der Waals surface area contributed by atoms with Gasteiger partial charge in [-0.1, -0.05) is 91.0 Å². The summed E-state index contributed by atoms with van der Waals surface area (Å²) in [6.07, 6.45) is 6.90. The SMILES string of the molecule is C1=CC(c2nc(-c3ccccc3)nc(-c3cccc4sc5ccccc5c34)n2)Cc2oc3cc(-n4c5ccccc5c5cccnc54)ccc3c21. The zero-order valence-electron chi connectivity index (χ0n) is 27.2. The average Bonchev–Trinajstić information content (AvgIpc) is 3.87. The molecule has 10 aromatic rings. The number of rotatable bonds is 4. The van der Waals surface area contributed by atoms with E-state index in [4.69, 9.17) is 24.4 Å². The molecule has 11 rings (SSSR count). The fraction of sp³-hybridized carbons (Fsp3) is 0.0455. The summed E-state index contributed by atoms with van der Waals surface area (Å²) < 4.78 is 11.4. The van der Waals surface area contributed by atoms with Gasteiger partial charge in [0.1, 0.15) is 22.8 Å². The van der Waals surface area contributed by atoms with Crippen molar-refractivity contribution in [2.24, 2.45) is 0 Å². The standard InChI is InChI=1S/C44H27N5OS/c1-2-10-26(11-3-1)41-46-42(48-43(47-41)34-14-8-18-39-40(34)33-13-5-7-17-38(33)51-39)27-19-21-30-31-22-20-28(25-37(31)50-36(30)24-27)49-35-16-6-4-12-29(35)32-15-9-23-45-44(32)49/h1-23,25,27H,24H2. The van der Waals surface area contributed by atoms with Gasteiger partial charge in [0, 0.05) is 77.6 Å². The van der Waals surface area contributed by atoms with Gasteiger partial charge in [-0.2, -0.15) is 0 Å². The van der Waals surface area contributed by atoms with E-state index in [-0.39, 0.29) is 5.92 Å². The van der Waals surface area contributed by atoms with Crippen LogP contribution in [0.15, 0.2) is 144 Å². The average molecular weight is 674 g/mol. The Morgan fingerprint density at radius 2 is 1.47 bits per heavy atom. The lowest BCUT2D eigenvalue weighted by Crippen LogP contribution is -2.11. The highest BCUT2D eigenvalue weighted by Gasteiger charge is 2.26. The van der Waals surface area contributed by atoms with Gasteiger partial charge in [-0.05, 0) is 42.5 Å². The summed E-state index contributed by atoms with van der Waals surface area (Å²) in [5.74, 6) is 2.93. The number of furan rings is 1. The van der Waals surface area contributed by atoms with Gasteiger partial charge in [0.15, 0.2) is 11.6 Å². The van der Waals surface area contributed by atoms with Crippen molar-refractivity contribution in [3.63, 3.8) is 0 Å². The summed E-state index contributed by atoms with van der Waals surface area (Å²) in [5, 5.41) is 5.81. The maximum Gasteiger partial charge on any atom is 0.164 e. The maximum atomic E-state index is 6.68. The largest absolute Gasteiger partial charge is 0.460 e. The minimum atomic E-state index is -0.0818. The molecular weight excluding hydrogens is 647 g/mol. The first-order valence-electron chi connectivity index (χ1n) is 17.1. The number of fused-ring (bicyclic) bond motifs is 9. The number of pyridine rings is 1. The van der Waals surface area contributed by atoms with Gasteiger partial charge in [0.05, 0.1) is 11.2 Å². The van der Waals surface area contributed by atoms with E-state index in [2.05, 4.69) is 120 Å². The fourth-order valence-electron chi connectivity index (χ4n) is 7.70. The predicted octanol–water partition coefficient (Wildman–Crippen LogP) is 11.2. The number of hydrogen-bond donors (Lipinski definition) is 0. The van der Waals surface area contributed by atoms with E-state index < -0.39 is 0 Å². The van der Waals surface area contributed by atoms with Crippen LogP contribution >= 0.6 is 11.3 Å². The highest BCUT2D eigenvalue weighted by molar-refractivity contribution is 7.25. The Balaban J connectivity index is 1.03. The third-order valence-corrected chi connectivity index (χ3v) is 11.2. The van der Waals surface area contributed by atoms with Gasteiger partial charge >= 0.3 is 0 Å². The molecule has 5 aromatic heterocycles. The molecule has 0 fully saturated rings. The van der Waals surface area contributed by atoms with Gasteiger partial charge < -0.3 is 4.42 Å². The summed E-state index contributed by atoms with van der Waals surface area (Å²) in [5.41, 5.74) is 7.00. The van der Waals surface area contributed by atoms with E-state index in [9.17, 15) is 0 Å². The Hall–Kier alpha value is -6.44. The van der Waals surface area contributed by atoms with Crippen molar-refractivity contribution in [3.05, 3.63) is 157 Å². The zero-order valence-corrected chi connectivity index (χ0v) is 28.0. The Kier molecular flexibility index (Phi) is 6.15. The first kappa shape index (κ1) is 28.4. The first-order valence-corrected chi connectivity index (χ1v) is 17.9. The number of nitrogens with zero attached hydrogens (tertiary/aromatic N) is 5. The Morgan fingerprint density at radius 1 is 0.667 bits per heavy atom. The van der Waals surface area contributed by atoms with Gasteiger partial charge in [-0.3, -0.25) is 4.57 Å². The van der Waals surface area contributed by atoms with Crippen LogP contribution in [-0.4, -0.2) is 24.5 Å². The highest BCUT2D eigenvalue weighted by atomic mass is 32.1. The van der Waals surface area contributed by atoms with Crippen LogP contribution in [0.2, 0.25) is 0 Å². The highest BCUT2D eigenvalue weighted by Crippen LogP contribution is 2.41. The monoisotopic (exact) mass is 673 g/mol. The lowest BCUT2D eigenvalue weighted by molar-refractivity contribution is 0.527. The third-order valence-electron chi connectivity index (χ3n) is 10.0. The van der Waals surface area contributed by atoms with Crippen molar-refractivity contribution in [1.82, 2.24) is 24.5 Å². The number of benzene rings is 5. The van der Waals surface area contributed by atoms with Gasteiger partial charge in [0.25, 0.3) is 0 Å². The molecule has 0 aliphatic heterocycles. The van der Waals surface area contributed by atoms with Crippen molar-refractivity contribution in [3.8, 4) is 28.5 Å². The normalized spacial score (nSPS) is 14.3. The van der Waals surface area contributed by atoms with Crippen molar-refractivity contribution in [2.45, 2.75) is 12.3 Å². The van der Waals surface area contributed by atoms with E-state index >= 15 is 0 Å². The summed E-state index contributed by atoms with van der Waals surface area (Å²) in [6.45, 7) is 0. The molecule has 6 nitrogen and oxygen atoms in total. The molecule has 1 aliphatic rings. The van der Waals surface area contributed by atoms with Crippen LogP contribution in [0.5, 0.6) is 0 Å². The van der Waals surface area contributed by atoms with E-state index in [1.165, 1.54) is 25.6 Å². The molecule has 0 saturated carbocycles. The molecule has 1 aliphatic carbocycles. The van der Waals surface area contributed by atoms with Gasteiger partial charge in [-0.25, -0.2) is 19.9 Å². The van der Waals surface area contributed by atoms with Crippen LogP contribution < -0.4 is 0 Å². The number of hydrogen-bond acceptors (Lipinski definition) is 6. The topological polar surface area (TPSA) is 69.6 Å². The molecule has 5 aromatic carbocycles. The molecule has 240 valence electrons. The molecule has 0 saturated heterocycles. The van der Waals surface area contributed by atoms with Crippen LogP contribution in [0.1, 0.15) is 23.1 Å². The van der Waals surface area contributed by atoms with E-state index in [0.29, 0.717) is 18.1 Å². The number of allylic oxidation sites excluding steroid dienone is 1. The van der Waals surface area contributed by atoms with Crippen molar-refractivity contribution in [1.29, 1.82) is 0 Å². The van der Waals surface area contributed by atoms with E-state index in [0.717, 1.165) is 61.5 Å². The van der Waals surface area contributed by atoms with Crippen molar-refractivity contribution >= 4 is 70.5 Å². The molecule has 0 radical (unpaired) electrons. The predicted molar refractivity (Wildman–Crippen MR) is 207 cm³/mol. The lowest BCUT2D eigenvalue weighted by Gasteiger charge is -2.17. The molecule has 0 spiro atoms.